The van der Waals surface area contributed by atoms with Gasteiger partial charge in [0.25, 0.3) is 11.6 Å². The van der Waals surface area contributed by atoms with Gasteiger partial charge in [-0.25, -0.2) is 0 Å². The molecule has 1 fully saturated rings. The zero-order chi connectivity index (χ0) is 14.9. The Morgan fingerprint density at radius 1 is 1.45 bits per heavy atom. The molecule has 0 bridgehead atoms. The number of nitrogens with zero attached hydrogens (tertiary/aromatic N) is 3. The summed E-state index contributed by atoms with van der Waals surface area (Å²) in [6, 6.07) is 4.63. The third kappa shape index (κ3) is 2.83. The molecule has 0 aliphatic carbocycles. The van der Waals surface area contributed by atoms with E-state index in [0.717, 1.165) is 13.1 Å². The molecule has 0 aromatic heterocycles. The van der Waals surface area contributed by atoms with E-state index in [1.165, 1.54) is 12.1 Å². The highest BCUT2D eigenvalue weighted by atomic mass is 79.9. The maximum absolute atomic E-state index is 12.6. The number of nitro groups is 1. The maximum Gasteiger partial charge on any atom is 0.284 e. The summed E-state index contributed by atoms with van der Waals surface area (Å²) in [7, 11) is 2.02. The Morgan fingerprint density at radius 3 is 2.75 bits per heavy atom. The molecule has 1 saturated heterocycles. The van der Waals surface area contributed by atoms with Crippen LogP contribution in [-0.4, -0.2) is 53.4 Å². The van der Waals surface area contributed by atoms with Crippen LogP contribution in [0.1, 0.15) is 17.3 Å². The minimum absolute atomic E-state index is 0.0855. The van der Waals surface area contributed by atoms with Gasteiger partial charge >= 0.3 is 0 Å². The molecule has 1 unspecified atom stereocenters. The number of amides is 1. The van der Waals surface area contributed by atoms with Crippen molar-refractivity contribution in [2.24, 2.45) is 0 Å². The molecule has 1 aromatic rings. The fourth-order valence-electron chi connectivity index (χ4n) is 2.42. The van der Waals surface area contributed by atoms with Crippen molar-refractivity contribution in [1.29, 1.82) is 0 Å². The predicted octanol–water partition coefficient (Wildman–Crippen LogP) is 2.13. The maximum atomic E-state index is 12.6. The molecule has 0 spiro atoms. The van der Waals surface area contributed by atoms with Gasteiger partial charge in [-0.15, -0.1) is 0 Å². The fraction of sp³-hybridized carbons (Fsp3) is 0.462. The number of carbonyl (C=O) groups is 1. The molecular formula is C13H16BrN3O3. The molecule has 6 nitrogen and oxygen atoms in total. The highest BCUT2D eigenvalue weighted by Gasteiger charge is 2.29. The van der Waals surface area contributed by atoms with Gasteiger partial charge in [0, 0.05) is 31.7 Å². The van der Waals surface area contributed by atoms with Crippen molar-refractivity contribution in [3.63, 3.8) is 0 Å². The molecule has 20 heavy (non-hydrogen) atoms. The predicted molar refractivity (Wildman–Crippen MR) is 78.8 cm³/mol. The first-order chi connectivity index (χ1) is 9.41. The Bertz CT molecular complexity index is 550. The highest BCUT2D eigenvalue weighted by Crippen LogP contribution is 2.29. The SMILES string of the molecule is CC1CN(C)CCN1C(=O)c1cccc([N+](=O)[O-])c1Br. The summed E-state index contributed by atoms with van der Waals surface area (Å²) in [5, 5.41) is 10.9. The van der Waals surface area contributed by atoms with Crippen LogP contribution in [-0.2, 0) is 0 Å². The molecular weight excluding hydrogens is 326 g/mol. The number of likely N-dealkylation sites (N-methyl/N-ethyl adjacent to an activating group) is 1. The van der Waals surface area contributed by atoms with Crippen molar-refractivity contribution in [3.05, 3.63) is 38.3 Å². The summed E-state index contributed by atoms with van der Waals surface area (Å²) in [6.07, 6.45) is 0. The fourth-order valence-corrected chi connectivity index (χ4v) is 3.00. The van der Waals surface area contributed by atoms with E-state index in [9.17, 15) is 14.9 Å². The quantitative estimate of drug-likeness (QED) is 0.610. The van der Waals surface area contributed by atoms with E-state index in [2.05, 4.69) is 20.8 Å². The number of rotatable bonds is 2. The molecule has 1 aromatic carbocycles. The second-order valence-electron chi connectivity index (χ2n) is 5.01. The van der Waals surface area contributed by atoms with Crippen LogP contribution in [0, 0.1) is 10.1 Å². The van der Waals surface area contributed by atoms with Gasteiger partial charge in [0.2, 0.25) is 0 Å². The van der Waals surface area contributed by atoms with Crippen LogP contribution in [0.5, 0.6) is 0 Å². The minimum Gasteiger partial charge on any atom is -0.333 e. The van der Waals surface area contributed by atoms with Crippen LogP contribution < -0.4 is 0 Å². The second-order valence-corrected chi connectivity index (χ2v) is 5.80. The molecule has 0 N–H and O–H groups in total. The Kier molecular flexibility index (Phi) is 4.39. The van der Waals surface area contributed by atoms with Crippen molar-refractivity contribution >= 4 is 27.5 Å². The van der Waals surface area contributed by atoms with Gasteiger partial charge < -0.3 is 9.80 Å². The smallest absolute Gasteiger partial charge is 0.284 e. The topological polar surface area (TPSA) is 66.7 Å². The van der Waals surface area contributed by atoms with Gasteiger partial charge in [-0.1, -0.05) is 6.07 Å². The lowest BCUT2D eigenvalue weighted by atomic mass is 10.1. The first-order valence-electron chi connectivity index (χ1n) is 6.34. The Labute approximate surface area is 125 Å². The van der Waals surface area contributed by atoms with E-state index in [4.69, 9.17) is 0 Å². The minimum atomic E-state index is -0.492. The van der Waals surface area contributed by atoms with Gasteiger partial charge in [-0.3, -0.25) is 14.9 Å². The van der Waals surface area contributed by atoms with E-state index in [1.54, 1.807) is 11.0 Å². The normalized spacial score (nSPS) is 19.9. The summed E-state index contributed by atoms with van der Waals surface area (Å²) in [5.41, 5.74) is 0.258. The third-order valence-corrected chi connectivity index (χ3v) is 4.33. The average molecular weight is 342 g/mol. The number of benzene rings is 1. The first kappa shape index (κ1) is 14.9. The Morgan fingerprint density at radius 2 is 2.15 bits per heavy atom. The summed E-state index contributed by atoms with van der Waals surface area (Å²) in [6.45, 7) is 4.23. The molecule has 7 heteroatoms. The summed E-state index contributed by atoms with van der Waals surface area (Å²) in [4.78, 5) is 26.9. The van der Waals surface area contributed by atoms with Crippen LogP contribution in [0.25, 0.3) is 0 Å². The number of nitro benzene ring substituents is 1. The van der Waals surface area contributed by atoms with E-state index in [0.29, 0.717) is 12.1 Å². The molecule has 1 heterocycles. The second kappa shape index (κ2) is 5.88. The third-order valence-electron chi connectivity index (χ3n) is 3.50. The molecule has 1 atom stereocenters. The molecule has 1 aliphatic rings. The lowest BCUT2D eigenvalue weighted by Crippen LogP contribution is -2.52. The highest BCUT2D eigenvalue weighted by molar-refractivity contribution is 9.10. The van der Waals surface area contributed by atoms with E-state index >= 15 is 0 Å². The van der Waals surface area contributed by atoms with Crippen LogP contribution >= 0.6 is 15.9 Å². The van der Waals surface area contributed by atoms with Crippen LogP contribution in [0.15, 0.2) is 22.7 Å². The van der Waals surface area contributed by atoms with Crippen molar-refractivity contribution in [2.45, 2.75) is 13.0 Å². The molecule has 1 aliphatic heterocycles. The Balaban J connectivity index is 2.30. The number of hydrogen-bond donors (Lipinski definition) is 0. The summed E-state index contributed by atoms with van der Waals surface area (Å²) < 4.78 is 0.251. The van der Waals surface area contributed by atoms with Crippen LogP contribution in [0.4, 0.5) is 5.69 Å². The molecule has 2 rings (SSSR count). The van der Waals surface area contributed by atoms with Gasteiger partial charge in [0.1, 0.15) is 4.47 Å². The number of hydrogen-bond acceptors (Lipinski definition) is 4. The van der Waals surface area contributed by atoms with Crippen LogP contribution in [0.2, 0.25) is 0 Å². The van der Waals surface area contributed by atoms with Crippen molar-refractivity contribution < 1.29 is 9.72 Å². The average Bonchev–Trinajstić information content (AvgIpc) is 2.38. The van der Waals surface area contributed by atoms with Gasteiger partial charge in [-0.05, 0) is 36.0 Å². The summed E-state index contributed by atoms with van der Waals surface area (Å²) in [5.74, 6) is -0.166. The Hall–Kier alpha value is -1.47. The number of piperazine rings is 1. The molecule has 1 amide bonds. The zero-order valence-electron chi connectivity index (χ0n) is 11.4. The number of carbonyl (C=O) groups excluding carboxylic acids is 1. The van der Waals surface area contributed by atoms with E-state index in [-0.39, 0.29) is 22.1 Å². The summed E-state index contributed by atoms with van der Waals surface area (Å²) >= 11 is 3.18. The molecule has 108 valence electrons. The lowest BCUT2D eigenvalue weighted by Gasteiger charge is -2.38. The van der Waals surface area contributed by atoms with E-state index in [1.807, 2.05) is 14.0 Å². The number of halogens is 1. The zero-order valence-corrected chi connectivity index (χ0v) is 13.0. The van der Waals surface area contributed by atoms with E-state index < -0.39 is 4.92 Å². The van der Waals surface area contributed by atoms with Gasteiger partial charge in [-0.2, -0.15) is 0 Å². The monoisotopic (exact) mass is 341 g/mol. The molecule has 0 saturated carbocycles. The van der Waals surface area contributed by atoms with Gasteiger partial charge in [0.15, 0.2) is 0 Å². The largest absolute Gasteiger partial charge is 0.333 e. The standard InChI is InChI=1S/C13H16BrN3O3/c1-9-8-15(2)6-7-16(9)13(18)10-4-3-5-11(12(10)14)17(19)20/h3-5,9H,6-8H2,1-2H3. The lowest BCUT2D eigenvalue weighted by molar-refractivity contribution is -0.385. The van der Waals surface area contributed by atoms with Gasteiger partial charge in [0.05, 0.1) is 10.5 Å². The van der Waals surface area contributed by atoms with Crippen molar-refractivity contribution in [2.75, 3.05) is 26.7 Å². The molecule has 0 radical (unpaired) electrons. The van der Waals surface area contributed by atoms with Crippen LogP contribution in [0.3, 0.4) is 0 Å². The first-order valence-corrected chi connectivity index (χ1v) is 7.13. The van der Waals surface area contributed by atoms with Crippen molar-refractivity contribution in [1.82, 2.24) is 9.80 Å². The van der Waals surface area contributed by atoms with Crippen molar-refractivity contribution in [3.8, 4) is 0 Å².